The van der Waals surface area contributed by atoms with Gasteiger partial charge in [-0.1, -0.05) is 55.5 Å². The normalized spacial score (nSPS) is 11.5. The first kappa shape index (κ1) is 19.5. The molecule has 3 aromatic carbocycles. The molecule has 4 nitrogen and oxygen atoms in total. The van der Waals surface area contributed by atoms with Crippen LogP contribution in [0, 0.1) is 0 Å². The Labute approximate surface area is 166 Å². The van der Waals surface area contributed by atoms with E-state index < -0.39 is 0 Å². The van der Waals surface area contributed by atoms with Gasteiger partial charge in [0, 0.05) is 11.1 Å². The molecule has 3 aromatic rings. The molecule has 0 unspecified atom stereocenters. The zero-order chi connectivity index (χ0) is 19.8. The fraction of sp³-hybridized carbons (Fsp3) is 0.208. The molecule has 1 N–H and O–H groups in total. The number of amides is 1. The molecule has 0 heterocycles. The van der Waals surface area contributed by atoms with E-state index >= 15 is 0 Å². The largest absolute Gasteiger partial charge is 0.497 e. The highest BCUT2D eigenvalue weighted by Crippen LogP contribution is 2.21. The Bertz CT molecular complexity index is 891. The molecular formula is C24H25NO3. The molecule has 0 aliphatic carbocycles. The number of methoxy groups -OCH3 is 1. The lowest BCUT2D eigenvalue weighted by atomic mass is 10.0. The monoisotopic (exact) mass is 375 g/mol. The van der Waals surface area contributed by atoms with Crippen molar-refractivity contribution < 1.29 is 14.3 Å². The number of carbonyl (C=O) groups is 1. The Kier molecular flexibility index (Phi) is 6.68. The predicted molar refractivity (Wildman–Crippen MR) is 111 cm³/mol. The molecule has 0 radical (unpaired) electrons. The van der Waals surface area contributed by atoms with E-state index in [1.165, 1.54) is 0 Å². The highest BCUT2D eigenvalue weighted by molar-refractivity contribution is 5.95. The number of rotatable bonds is 8. The van der Waals surface area contributed by atoms with Crippen LogP contribution < -0.4 is 14.8 Å². The second-order valence-corrected chi connectivity index (χ2v) is 6.47. The number of benzene rings is 3. The number of carbonyl (C=O) groups excluding carboxylic acids is 1. The quantitative estimate of drug-likeness (QED) is 0.592. The topological polar surface area (TPSA) is 47.6 Å². The molecule has 1 amide bonds. The minimum absolute atomic E-state index is 0.0681. The van der Waals surface area contributed by atoms with E-state index in [2.05, 4.69) is 12.2 Å². The van der Waals surface area contributed by atoms with Crippen LogP contribution in [0.25, 0.3) is 0 Å². The summed E-state index contributed by atoms with van der Waals surface area (Å²) >= 11 is 0. The fourth-order valence-electron chi connectivity index (χ4n) is 3.04. The van der Waals surface area contributed by atoms with Crippen LogP contribution in [-0.4, -0.2) is 13.0 Å². The molecule has 0 saturated heterocycles. The molecule has 0 saturated carbocycles. The van der Waals surface area contributed by atoms with Crippen molar-refractivity contribution in [2.45, 2.75) is 26.0 Å². The third-order valence-corrected chi connectivity index (χ3v) is 4.63. The van der Waals surface area contributed by atoms with E-state index in [4.69, 9.17) is 9.47 Å². The van der Waals surface area contributed by atoms with Crippen LogP contribution in [0.4, 0.5) is 0 Å². The molecule has 0 aliphatic rings. The van der Waals surface area contributed by atoms with Crippen molar-refractivity contribution in [1.82, 2.24) is 5.32 Å². The van der Waals surface area contributed by atoms with Gasteiger partial charge >= 0.3 is 0 Å². The van der Waals surface area contributed by atoms with Crippen molar-refractivity contribution in [3.8, 4) is 11.5 Å². The number of nitrogens with one attached hydrogen (secondary N) is 1. The molecule has 0 aromatic heterocycles. The zero-order valence-corrected chi connectivity index (χ0v) is 16.2. The van der Waals surface area contributed by atoms with Crippen LogP contribution in [0.3, 0.4) is 0 Å². The van der Waals surface area contributed by atoms with Crippen LogP contribution >= 0.6 is 0 Å². The van der Waals surface area contributed by atoms with Gasteiger partial charge in [-0.3, -0.25) is 4.79 Å². The van der Waals surface area contributed by atoms with Gasteiger partial charge in [-0.15, -0.1) is 0 Å². The van der Waals surface area contributed by atoms with Crippen molar-refractivity contribution in [3.05, 3.63) is 95.6 Å². The number of hydrogen-bond acceptors (Lipinski definition) is 3. The molecule has 144 valence electrons. The smallest absolute Gasteiger partial charge is 0.252 e. The van der Waals surface area contributed by atoms with E-state index in [-0.39, 0.29) is 11.9 Å². The zero-order valence-electron chi connectivity index (χ0n) is 16.2. The van der Waals surface area contributed by atoms with Gasteiger partial charge in [-0.2, -0.15) is 0 Å². The fourth-order valence-corrected chi connectivity index (χ4v) is 3.04. The third kappa shape index (κ3) is 4.92. The number of hydrogen-bond donors (Lipinski definition) is 1. The maximum absolute atomic E-state index is 13.0. The Morgan fingerprint density at radius 2 is 1.57 bits per heavy atom. The van der Waals surface area contributed by atoms with Gasteiger partial charge in [0.2, 0.25) is 0 Å². The summed E-state index contributed by atoms with van der Waals surface area (Å²) in [5.41, 5.74) is 2.54. The van der Waals surface area contributed by atoms with E-state index in [0.717, 1.165) is 29.0 Å². The maximum Gasteiger partial charge on any atom is 0.252 e. The lowest BCUT2D eigenvalue weighted by molar-refractivity contribution is 0.0933. The first-order chi connectivity index (χ1) is 13.7. The van der Waals surface area contributed by atoms with E-state index in [1.807, 2.05) is 78.9 Å². The molecule has 3 rings (SSSR count). The van der Waals surface area contributed by atoms with Crippen LogP contribution in [-0.2, 0) is 6.61 Å². The van der Waals surface area contributed by atoms with Crippen molar-refractivity contribution in [1.29, 1.82) is 0 Å². The Hall–Kier alpha value is -3.27. The minimum atomic E-state index is -0.102. The summed E-state index contributed by atoms with van der Waals surface area (Å²) in [4.78, 5) is 13.0. The average Bonchev–Trinajstić information content (AvgIpc) is 2.77. The Morgan fingerprint density at radius 1 is 0.893 bits per heavy atom. The van der Waals surface area contributed by atoms with Crippen molar-refractivity contribution in [2.75, 3.05) is 7.11 Å². The van der Waals surface area contributed by atoms with Gasteiger partial charge in [0.15, 0.2) is 0 Å². The first-order valence-corrected chi connectivity index (χ1v) is 9.41. The van der Waals surface area contributed by atoms with Gasteiger partial charge in [-0.25, -0.2) is 0 Å². The summed E-state index contributed by atoms with van der Waals surface area (Å²) in [5.74, 6) is 1.48. The average molecular weight is 375 g/mol. The van der Waals surface area contributed by atoms with E-state index in [0.29, 0.717) is 12.2 Å². The van der Waals surface area contributed by atoms with Crippen LogP contribution in [0.15, 0.2) is 78.9 Å². The van der Waals surface area contributed by atoms with E-state index in [9.17, 15) is 4.79 Å². The molecule has 28 heavy (non-hydrogen) atoms. The maximum atomic E-state index is 13.0. The highest BCUT2D eigenvalue weighted by atomic mass is 16.5. The molecule has 0 bridgehead atoms. The lowest BCUT2D eigenvalue weighted by Crippen LogP contribution is -2.29. The van der Waals surface area contributed by atoms with Gasteiger partial charge in [0.05, 0.1) is 13.2 Å². The van der Waals surface area contributed by atoms with Crippen LogP contribution in [0.2, 0.25) is 0 Å². The number of para-hydroxylation sites is 1. The Balaban J connectivity index is 1.72. The number of ether oxygens (including phenoxy) is 2. The van der Waals surface area contributed by atoms with Crippen LogP contribution in [0.5, 0.6) is 11.5 Å². The summed E-state index contributed by atoms with van der Waals surface area (Å²) in [6, 6.07) is 24.9. The van der Waals surface area contributed by atoms with Crippen molar-refractivity contribution >= 4 is 5.91 Å². The molecule has 1 atom stereocenters. The second-order valence-electron chi connectivity index (χ2n) is 6.47. The van der Waals surface area contributed by atoms with Gasteiger partial charge < -0.3 is 14.8 Å². The SMILES string of the molecule is CC[C@@H](NC(=O)c1ccccc1COc1ccccc1)c1ccc(OC)cc1. The van der Waals surface area contributed by atoms with Gasteiger partial charge in [-0.05, 0) is 42.3 Å². The summed E-state index contributed by atoms with van der Waals surface area (Å²) in [6.07, 6.45) is 0.792. The van der Waals surface area contributed by atoms with Crippen molar-refractivity contribution in [2.24, 2.45) is 0 Å². The van der Waals surface area contributed by atoms with Gasteiger partial charge in [0.1, 0.15) is 18.1 Å². The second kappa shape index (κ2) is 9.60. The minimum Gasteiger partial charge on any atom is -0.497 e. The summed E-state index contributed by atoms with van der Waals surface area (Å²) in [5, 5.41) is 3.14. The van der Waals surface area contributed by atoms with E-state index in [1.54, 1.807) is 7.11 Å². The first-order valence-electron chi connectivity index (χ1n) is 9.41. The summed E-state index contributed by atoms with van der Waals surface area (Å²) < 4.78 is 11.0. The molecule has 0 fully saturated rings. The Morgan fingerprint density at radius 3 is 2.25 bits per heavy atom. The third-order valence-electron chi connectivity index (χ3n) is 4.63. The standard InChI is InChI=1S/C24H25NO3/c1-3-23(18-13-15-20(27-2)16-14-18)25-24(26)22-12-8-7-9-19(22)17-28-21-10-5-4-6-11-21/h4-16,23H,3,17H2,1-2H3,(H,25,26)/t23-/m1/s1. The molecule has 0 aliphatic heterocycles. The highest BCUT2D eigenvalue weighted by Gasteiger charge is 2.17. The summed E-state index contributed by atoms with van der Waals surface area (Å²) in [7, 11) is 1.64. The summed E-state index contributed by atoms with van der Waals surface area (Å²) in [6.45, 7) is 2.40. The van der Waals surface area contributed by atoms with Crippen molar-refractivity contribution in [3.63, 3.8) is 0 Å². The van der Waals surface area contributed by atoms with Gasteiger partial charge in [0.25, 0.3) is 5.91 Å². The predicted octanol–water partition coefficient (Wildman–Crippen LogP) is 5.16. The van der Waals surface area contributed by atoms with Crippen LogP contribution in [0.1, 0.15) is 40.9 Å². The lowest BCUT2D eigenvalue weighted by Gasteiger charge is -2.19. The molecule has 0 spiro atoms. The molecule has 4 heteroatoms. The molecular weight excluding hydrogens is 350 g/mol.